The highest BCUT2D eigenvalue weighted by atomic mass is 32.1. The minimum Gasteiger partial charge on any atom is -0.478 e. The van der Waals surface area contributed by atoms with Crippen LogP contribution in [0.2, 0.25) is 0 Å². The van der Waals surface area contributed by atoms with E-state index in [-0.39, 0.29) is 0 Å². The molecule has 1 N–H and O–H groups in total. The first-order valence-corrected chi connectivity index (χ1v) is 5.38. The Kier molecular flexibility index (Phi) is 2.56. The van der Waals surface area contributed by atoms with E-state index in [4.69, 9.17) is 5.11 Å². The molecule has 0 aliphatic rings. The Balaban J connectivity index is 2.48. The van der Waals surface area contributed by atoms with Gasteiger partial charge >= 0.3 is 5.97 Å². The lowest BCUT2D eigenvalue weighted by molar-refractivity contribution is -0.131. The van der Waals surface area contributed by atoms with Crippen LogP contribution in [0.15, 0.2) is 30.3 Å². The zero-order chi connectivity index (χ0) is 10.8. The molecule has 1 aromatic heterocycles. The van der Waals surface area contributed by atoms with E-state index in [1.165, 1.54) is 21.7 Å². The second-order valence-corrected chi connectivity index (χ2v) is 4.40. The molecule has 0 aliphatic carbocycles. The Morgan fingerprint density at radius 3 is 2.93 bits per heavy atom. The van der Waals surface area contributed by atoms with Crippen molar-refractivity contribution < 1.29 is 9.90 Å². The van der Waals surface area contributed by atoms with Crippen LogP contribution in [-0.2, 0) is 4.79 Å². The van der Waals surface area contributed by atoms with E-state index in [0.29, 0.717) is 0 Å². The van der Waals surface area contributed by atoms with Gasteiger partial charge in [0.05, 0.1) is 0 Å². The van der Waals surface area contributed by atoms with Gasteiger partial charge in [-0.2, -0.15) is 0 Å². The average molecular weight is 218 g/mol. The van der Waals surface area contributed by atoms with Crippen LogP contribution in [0.25, 0.3) is 16.2 Å². The van der Waals surface area contributed by atoms with Gasteiger partial charge in [0.25, 0.3) is 0 Å². The van der Waals surface area contributed by atoms with Crippen molar-refractivity contribution in [3.05, 3.63) is 40.8 Å². The molecule has 0 atom stereocenters. The fourth-order valence-electron chi connectivity index (χ4n) is 1.46. The maximum Gasteiger partial charge on any atom is 0.328 e. The highest BCUT2D eigenvalue weighted by Crippen LogP contribution is 2.29. The standard InChI is InChI=1S/C12H10O2S/c1-8-3-2-4-9-7-10(15-12(8)9)5-6-11(13)14/h2-7H,1H3,(H,13,14)/b6-5+. The molecular formula is C12H10O2S. The number of aliphatic carboxylic acids is 1. The average Bonchev–Trinajstić information content (AvgIpc) is 2.59. The lowest BCUT2D eigenvalue weighted by atomic mass is 10.2. The molecule has 2 rings (SSSR count). The number of thiophene rings is 1. The zero-order valence-corrected chi connectivity index (χ0v) is 9.04. The van der Waals surface area contributed by atoms with Gasteiger partial charge in [-0.15, -0.1) is 11.3 Å². The third-order valence-electron chi connectivity index (χ3n) is 2.15. The van der Waals surface area contributed by atoms with Crippen molar-refractivity contribution >= 4 is 33.5 Å². The second kappa shape index (κ2) is 3.87. The zero-order valence-electron chi connectivity index (χ0n) is 8.23. The summed E-state index contributed by atoms with van der Waals surface area (Å²) in [4.78, 5) is 11.3. The molecular weight excluding hydrogens is 208 g/mol. The highest BCUT2D eigenvalue weighted by molar-refractivity contribution is 7.20. The first-order valence-electron chi connectivity index (χ1n) is 4.57. The Labute approximate surface area is 91.5 Å². The SMILES string of the molecule is Cc1cccc2cc(/C=C/C(=O)O)sc12. The number of carboxylic acids is 1. The highest BCUT2D eigenvalue weighted by Gasteiger charge is 2.01. The molecule has 0 saturated carbocycles. The molecule has 0 unspecified atom stereocenters. The predicted molar refractivity (Wildman–Crippen MR) is 63.2 cm³/mol. The first kappa shape index (κ1) is 9.93. The summed E-state index contributed by atoms with van der Waals surface area (Å²) in [7, 11) is 0. The van der Waals surface area contributed by atoms with E-state index in [2.05, 4.69) is 13.0 Å². The van der Waals surface area contributed by atoms with Crippen molar-refractivity contribution in [2.75, 3.05) is 0 Å². The molecule has 1 aromatic carbocycles. The number of carboxylic acid groups (broad SMARTS) is 1. The molecule has 0 fully saturated rings. The number of hydrogen-bond acceptors (Lipinski definition) is 2. The van der Waals surface area contributed by atoms with Crippen molar-refractivity contribution in [2.24, 2.45) is 0 Å². The second-order valence-electron chi connectivity index (χ2n) is 3.31. The fourth-order valence-corrected chi connectivity index (χ4v) is 2.50. The monoisotopic (exact) mass is 218 g/mol. The molecule has 0 saturated heterocycles. The third kappa shape index (κ3) is 2.07. The summed E-state index contributed by atoms with van der Waals surface area (Å²) in [6.45, 7) is 2.06. The van der Waals surface area contributed by atoms with Gasteiger partial charge in [0.2, 0.25) is 0 Å². The molecule has 0 radical (unpaired) electrons. The van der Waals surface area contributed by atoms with Crippen molar-refractivity contribution in [1.29, 1.82) is 0 Å². The third-order valence-corrected chi connectivity index (χ3v) is 3.40. The van der Waals surface area contributed by atoms with Crippen molar-refractivity contribution in [3.8, 4) is 0 Å². The molecule has 2 aromatic rings. The smallest absolute Gasteiger partial charge is 0.328 e. The minimum absolute atomic E-state index is 0.913. The van der Waals surface area contributed by atoms with Gasteiger partial charge in [-0.3, -0.25) is 0 Å². The van der Waals surface area contributed by atoms with E-state index in [1.54, 1.807) is 17.4 Å². The Morgan fingerprint density at radius 2 is 2.27 bits per heavy atom. The van der Waals surface area contributed by atoms with Crippen molar-refractivity contribution in [1.82, 2.24) is 0 Å². The first-order chi connectivity index (χ1) is 7.16. The lowest BCUT2D eigenvalue weighted by Crippen LogP contribution is -1.84. The molecule has 0 amide bonds. The van der Waals surface area contributed by atoms with Crippen LogP contribution in [0.5, 0.6) is 0 Å². The number of benzene rings is 1. The van der Waals surface area contributed by atoms with Crippen molar-refractivity contribution in [3.63, 3.8) is 0 Å². The van der Waals surface area contributed by atoms with Crippen LogP contribution < -0.4 is 0 Å². The van der Waals surface area contributed by atoms with Gasteiger partial charge in [0, 0.05) is 15.7 Å². The molecule has 0 bridgehead atoms. The van der Waals surface area contributed by atoms with Crippen LogP contribution >= 0.6 is 11.3 Å². The normalized spacial score (nSPS) is 11.3. The van der Waals surface area contributed by atoms with E-state index in [0.717, 1.165) is 4.88 Å². The largest absolute Gasteiger partial charge is 0.478 e. The molecule has 2 nitrogen and oxygen atoms in total. The summed E-state index contributed by atoms with van der Waals surface area (Å²) >= 11 is 1.62. The Morgan fingerprint density at radius 1 is 1.47 bits per heavy atom. The van der Waals surface area contributed by atoms with Gasteiger partial charge in [-0.05, 0) is 30.0 Å². The van der Waals surface area contributed by atoms with Crippen LogP contribution in [0.3, 0.4) is 0 Å². The fraction of sp³-hybridized carbons (Fsp3) is 0.0833. The van der Waals surface area contributed by atoms with Gasteiger partial charge in [-0.1, -0.05) is 18.2 Å². The predicted octanol–water partition coefficient (Wildman–Crippen LogP) is 3.31. The molecule has 0 aliphatic heterocycles. The summed E-state index contributed by atoms with van der Waals surface area (Å²) in [5.74, 6) is -0.913. The minimum atomic E-state index is -0.913. The number of hydrogen-bond donors (Lipinski definition) is 1. The maximum atomic E-state index is 10.4. The Hall–Kier alpha value is -1.61. The van der Waals surface area contributed by atoms with Gasteiger partial charge in [0.15, 0.2) is 0 Å². The Bertz CT molecular complexity index is 538. The summed E-state index contributed by atoms with van der Waals surface area (Å²) in [6.07, 6.45) is 2.80. The van der Waals surface area contributed by atoms with Crippen LogP contribution in [0.4, 0.5) is 0 Å². The van der Waals surface area contributed by atoms with E-state index < -0.39 is 5.97 Å². The van der Waals surface area contributed by atoms with Gasteiger partial charge in [0.1, 0.15) is 0 Å². The number of carbonyl (C=O) groups is 1. The molecule has 76 valence electrons. The topological polar surface area (TPSA) is 37.3 Å². The van der Waals surface area contributed by atoms with E-state index in [9.17, 15) is 4.79 Å². The summed E-state index contributed by atoms with van der Waals surface area (Å²) in [6, 6.07) is 8.11. The van der Waals surface area contributed by atoms with Crippen LogP contribution in [0, 0.1) is 6.92 Å². The van der Waals surface area contributed by atoms with Crippen LogP contribution in [0.1, 0.15) is 10.4 Å². The van der Waals surface area contributed by atoms with E-state index in [1.807, 2.05) is 18.2 Å². The van der Waals surface area contributed by atoms with Crippen LogP contribution in [-0.4, -0.2) is 11.1 Å². The maximum absolute atomic E-state index is 10.4. The molecule has 15 heavy (non-hydrogen) atoms. The summed E-state index contributed by atoms with van der Waals surface area (Å²) in [5.41, 5.74) is 1.23. The number of fused-ring (bicyclic) bond motifs is 1. The summed E-state index contributed by atoms with van der Waals surface area (Å²) in [5, 5.41) is 9.69. The van der Waals surface area contributed by atoms with Gasteiger partial charge in [-0.25, -0.2) is 4.79 Å². The molecule has 1 heterocycles. The summed E-state index contributed by atoms with van der Waals surface area (Å²) < 4.78 is 1.22. The molecule has 0 spiro atoms. The number of aryl methyl sites for hydroxylation is 1. The van der Waals surface area contributed by atoms with E-state index >= 15 is 0 Å². The molecule has 3 heteroatoms. The van der Waals surface area contributed by atoms with Crippen molar-refractivity contribution in [2.45, 2.75) is 6.92 Å². The van der Waals surface area contributed by atoms with Gasteiger partial charge < -0.3 is 5.11 Å². The number of rotatable bonds is 2. The lowest BCUT2D eigenvalue weighted by Gasteiger charge is -1.91. The quantitative estimate of drug-likeness (QED) is 0.785.